The summed E-state index contributed by atoms with van der Waals surface area (Å²) in [6.07, 6.45) is 103. The Bertz CT molecular complexity index is 1520. The van der Waals surface area contributed by atoms with E-state index < -0.39 is 12.1 Å². The van der Waals surface area contributed by atoms with Gasteiger partial charge in [0.1, 0.15) is 0 Å². The fourth-order valence-electron chi connectivity index (χ4n) is 12.2. The second-order valence-corrected chi connectivity index (χ2v) is 27.0. The van der Waals surface area contributed by atoms with Gasteiger partial charge in [-0.05, 0) is 89.9 Å². The second-order valence-electron chi connectivity index (χ2n) is 27.0. The molecule has 0 spiro atoms. The molecule has 0 saturated heterocycles. The molecule has 2 unspecified atom stereocenters. The number of aliphatic hydroxyl groups is 2. The molecule has 516 valence electrons. The quantitative estimate of drug-likeness (QED) is 0.0320. The predicted octanol–water partition coefficient (Wildman–Crippen LogP) is 26.2. The van der Waals surface area contributed by atoms with Crippen LogP contribution in [0.15, 0.2) is 60.8 Å². The lowest BCUT2D eigenvalue weighted by molar-refractivity contribution is -0.143. The lowest BCUT2D eigenvalue weighted by Gasteiger charge is -2.20. The molecule has 6 heteroatoms. The smallest absolute Gasteiger partial charge is 0.305 e. The highest BCUT2D eigenvalue weighted by Gasteiger charge is 2.18. The average molecular weight is 1230 g/mol. The first-order valence-electron chi connectivity index (χ1n) is 39.6. The number of hydrogen-bond donors (Lipinski definition) is 3. The van der Waals surface area contributed by atoms with Gasteiger partial charge in [0.05, 0.1) is 25.4 Å². The molecule has 3 N–H and O–H groups in total. The van der Waals surface area contributed by atoms with Crippen molar-refractivity contribution in [3.8, 4) is 0 Å². The van der Waals surface area contributed by atoms with Crippen LogP contribution in [0.5, 0.6) is 0 Å². The van der Waals surface area contributed by atoms with Crippen LogP contribution in [0.1, 0.15) is 425 Å². The van der Waals surface area contributed by atoms with Crippen molar-refractivity contribution < 1.29 is 24.5 Å². The monoisotopic (exact) mass is 1230 g/mol. The van der Waals surface area contributed by atoms with Gasteiger partial charge >= 0.3 is 5.97 Å². The van der Waals surface area contributed by atoms with E-state index in [1.807, 2.05) is 6.08 Å². The maximum atomic E-state index is 12.5. The minimum absolute atomic E-state index is 0.00551. The molecular weight excluding hydrogens is 1080 g/mol. The van der Waals surface area contributed by atoms with Crippen LogP contribution in [-0.4, -0.2) is 47.4 Å². The normalized spacial score (nSPS) is 12.8. The molecule has 0 rings (SSSR count). The third-order valence-electron chi connectivity index (χ3n) is 18.3. The summed E-state index contributed by atoms with van der Waals surface area (Å²) >= 11 is 0. The van der Waals surface area contributed by atoms with Crippen LogP contribution in [0.3, 0.4) is 0 Å². The summed E-state index contributed by atoms with van der Waals surface area (Å²) in [6, 6.07) is -0.627. The number of esters is 1. The summed E-state index contributed by atoms with van der Waals surface area (Å²) in [6.45, 7) is 4.89. The number of allylic oxidation sites excluding steroid dienone is 9. The van der Waals surface area contributed by atoms with Crippen LogP contribution < -0.4 is 5.32 Å². The van der Waals surface area contributed by atoms with Crippen LogP contribution in [0.4, 0.5) is 0 Å². The van der Waals surface area contributed by atoms with Crippen LogP contribution >= 0.6 is 0 Å². The number of carbonyl (C=O) groups excluding carboxylic acids is 2. The van der Waals surface area contributed by atoms with E-state index in [1.165, 1.54) is 340 Å². The molecule has 0 saturated carbocycles. The average Bonchev–Trinajstić information content (AvgIpc) is 3.58. The minimum atomic E-state index is -0.844. The van der Waals surface area contributed by atoms with Gasteiger partial charge in [0, 0.05) is 12.8 Å². The maximum Gasteiger partial charge on any atom is 0.305 e. The van der Waals surface area contributed by atoms with E-state index in [0.29, 0.717) is 19.4 Å². The van der Waals surface area contributed by atoms with Gasteiger partial charge in [-0.25, -0.2) is 0 Å². The maximum absolute atomic E-state index is 12.5. The van der Waals surface area contributed by atoms with Crippen molar-refractivity contribution in [1.29, 1.82) is 0 Å². The molecule has 0 aromatic rings. The molecule has 1 amide bonds. The summed E-state index contributed by atoms with van der Waals surface area (Å²) in [5.41, 5.74) is 0. The first kappa shape index (κ1) is 85.6. The van der Waals surface area contributed by atoms with Gasteiger partial charge in [-0.3, -0.25) is 9.59 Å². The van der Waals surface area contributed by atoms with Gasteiger partial charge in [0.2, 0.25) is 5.91 Å². The first-order chi connectivity index (χ1) is 43.5. The molecule has 0 aliphatic rings. The number of aliphatic hydroxyl groups excluding tert-OH is 2. The van der Waals surface area contributed by atoms with E-state index in [1.54, 1.807) is 6.08 Å². The predicted molar refractivity (Wildman–Crippen MR) is 389 cm³/mol. The molecule has 0 radical (unpaired) electrons. The molecule has 6 nitrogen and oxygen atoms in total. The van der Waals surface area contributed by atoms with Crippen molar-refractivity contribution in [1.82, 2.24) is 5.32 Å². The SMILES string of the molecule is CCCC/C=C\C/C=C\CCCCCCCC(=O)OCCCCCCCCCCCCCCCCC/C=C\C/C=C\CCCCCCCCCCCCCCCCCCCC(=O)NC(CO)C(O)/C=C/CCCCCCCCCCCCCCCCCC. The van der Waals surface area contributed by atoms with E-state index in [-0.39, 0.29) is 18.5 Å². The Morgan fingerprint density at radius 2 is 0.580 bits per heavy atom. The Labute approximate surface area is 549 Å². The molecule has 2 atom stereocenters. The second kappa shape index (κ2) is 77.0. The summed E-state index contributed by atoms with van der Waals surface area (Å²) in [5.74, 6) is -0.0563. The number of unbranched alkanes of at least 4 members (excludes halogenated alkanes) is 55. The lowest BCUT2D eigenvalue weighted by atomic mass is 10.0. The van der Waals surface area contributed by atoms with Gasteiger partial charge in [-0.1, -0.05) is 383 Å². The van der Waals surface area contributed by atoms with Crippen LogP contribution in [0.2, 0.25) is 0 Å². The van der Waals surface area contributed by atoms with Crippen molar-refractivity contribution in [2.24, 2.45) is 0 Å². The Kier molecular flexibility index (Phi) is 74.9. The zero-order chi connectivity index (χ0) is 63.5. The van der Waals surface area contributed by atoms with E-state index >= 15 is 0 Å². The molecule has 0 aromatic heterocycles. The van der Waals surface area contributed by atoms with Crippen LogP contribution in [-0.2, 0) is 14.3 Å². The Morgan fingerprint density at radius 1 is 0.318 bits per heavy atom. The van der Waals surface area contributed by atoms with E-state index in [4.69, 9.17) is 4.74 Å². The fourth-order valence-corrected chi connectivity index (χ4v) is 12.2. The molecular formula is C82H153NO5. The van der Waals surface area contributed by atoms with Gasteiger partial charge in [0.25, 0.3) is 0 Å². The summed E-state index contributed by atoms with van der Waals surface area (Å²) < 4.78 is 5.49. The molecule has 0 fully saturated rings. The van der Waals surface area contributed by atoms with Crippen molar-refractivity contribution in [2.45, 2.75) is 437 Å². The van der Waals surface area contributed by atoms with Gasteiger partial charge in [0.15, 0.2) is 0 Å². The Morgan fingerprint density at radius 3 is 0.898 bits per heavy atom. The molecule has 0 heterocycles. The van der Waals surface area contributed by atoms with Crippen LogP contribution in [0, 0.1) is 0 Å². The summed E-state index contributed by atoms with van der Waals surface area (Å²) in [5, 5.41) is 23.2. The Balaban J connectivity index is 3.38. The Hall–Kier alpha value is -2.44. The van der Waals surface area contributed by atoms with E-state index in [0.717, 1.165) is 57.8 Å². The number of nitrogens with one attached hydrogen (secondary N) is 1. The molecule has 88 heavy (non-hydrogen) atoms. The zero-order valence-electron chi connectivity index (χ0n) is 59.2. The summed E-state index contributed by atoms with van der Waals surface area (Å²) in [4.78, 5) is 24.6. The van der Waals surface area contributed by atoms with E-state index in [9.17, 15) is 19.8 Å². The van der Waals surface area contributed by atoms with Gasteiger partial charge < -0.3 is 20.3 Å². The number of hydrogen-bond acceptors (Lipinski definition) is 5. The van der Waals surface area contributed by atoms with Crippen LogP contribution in [0.25, 0.3) is 0 Å². The molecule has 0 aliphatic heterocycles. The van der Waals surface area contributed by atoms with Crippen molar-refractivity contribution in [2.75, 3.05) is 13.2 Å². The number of ether oxygens (including phenoxy) is 1. The number of carbonyl (C=O) groups is 2. The van der Waals surface area contributed by atoms with Crippen molar-refractivity contribution in [3.05, 3.63) is 60.8 Å². The third-order valence-corrected chi connectivity index (χ3v) is 18.3. The highest BCUT2D eigenvalue weighted by atomic mass is 16.5. The molecule has 0 aromatic carbocycles. The first-order valence-corrected chi connectivity index (χ1v) is 39.6. The van der Waals surface area contributed by atoms with Crippen molar-refractivity contribution >= 4 is 11.9 Å². The zero-order valence-corrected chi connectivity index (χ0v) is 59.2. The highest BCUT2D eigenvalue weighted by Crippen LogP contribution is 2.19. The minimum Gasteiger partial charge on any atom is -0.466 e. The lowest BCUT2D eigenvalue weighted by Crippen LogP contribution is -2.45. The largest absolute Gasteiger partial charge is 0.466 e. The molecule has 0 bridgehead atoms. The van der Waals surface area contributed by atoms with Gasteiger partial charge in [-0.2, -0.15) is 0 Å². The van der Waals surface area contributed by atoms with Gasteiger partial charge in [-0.15, -0.1) is 0 Å². The highest BCUT2D eigenvalue weighted by molar-refractivity contribution is 5.76. The number of rotatable bonds is 74. The fraction of sp³-hybridized carbons (Fsp3) is 0.854. The molecule has 0 aliphatic carbocycles. The summed E-state index contributed by atoms with van der Waals surface area (Å²) in [7, 11) is 0. The van der Waals surface area contributed by atoms with Crippen molar-refractivity contribution in [3.63, 3.8) is 0 Å². The number of amides is 1. The topological polar surface area (TPSA) is 95.9 Å². The third kappa shape index (κ3) is 72.6. The standard InChI is InChI=1S/C82H153NO5/c1-3-5-7-9-11-13-15-17-19-20-44-47-50-54-58-62-66-70-74-80(85)79(78-84)83-81(86)75-71-67-63-59-55-51-48-45-42-40-38-36-34-32-30-28-26-24-22-21-23-25-27-29-31-33-35-37-39-41-43-46-49-53-57-61-65-69-73-77-88-82(87)76-72-68-64-60-56-52-18-16-14-12-10-8-6-4-2/h10,12,16,18,21-22,25,27,70,74,79-80,84-85H,3-9,11,13-15,17,19-20,23-24,26,28-69,71-73,75-78H2,1-2H3,(H,83,86)/b12-10-,18-16-,22-21-,27-25-,74-70+. The van der Waals surface area contributed by atoms with E-state index in [2.05, 4.69) is 67.8 Å².